The number of methoxy groups -OCH3 is 1. The lowest BCUT2D eigenvalue weighted by molar-refractivity contribution is 0.0158. The van der Waals surface area contributed by atoms with Gasteiger partial charge in [-0.25, -0.2) is 9.97 Å². The first kappa shape index (κ1) is 15.8. The van der Waals surface area contributed by atoms with E-state index >= 15 is 0 Å². The highest BCUT2D eigenvalue weighted by Crippen LogP contribution is 2.33. The van der Waals surface area contributed by atoms with Gasteiger partial charge in [0.05, 0.1) is 26.4 Å². The minimum atomic E-state index is 0.0754. The SMILES string of the molecule is CCNc1ncnc(N2CCC(OCCO)CC2)c1OC. The number of nitrogens with zero attached hydrogens (tertiary/aromatic N) is 3. The fourth-order valence-electron chi connectivity index (χ4n) is 2.52. The molecule has 21 heavy (non-hydrogen) atoms. The standard InChI is InChI=1S/C14H24N4O3/c1-3-15-13-12(20-2)14(17-10-16-13)18-6-4-11(5-7-18)21-9-8-19/h10-11,19H,3-9H2,1-2H3,(H,15,16,17). The Hall–Kier alpha value is -1.60. The van der Waals surface area contributed by atoms with Crippen molar-refractivity contribution in [2.45, 2.75) is 25.9 Å². The van der Waals surface area contributed by atoms with Crippen molar-refractivity contribution < 1.29 is 14.6 Å². The Labute approximate surface area is 125 Å². The zero-order valence-electron chi connectivity index (χ0n) is 12.7. The molecule has 1 aromatic heterocycles. The topological polar surface area (TPSA) is 79.7 Å². The van der Waals surface area contributed by atoms with Crippen molar-refractivity contribution in [3.63, 3.8) is 0 Å². The summed E-state index contributed by atoms with van der Waals surface area (Å²) in [5, 5.41) is 12.0. The van der Waals surface area contributed by atoms with Gasteiger partial charge in [0.25, 0.3) is 0 Å². The molecule has 0 atom stereocenters. The van der Waals surface area contributed by atoms with Crippen LogP contribution in [0.3, 0.4) is 0 Å². The maximum absolute atomic E-state index is 8.80. The lowest BCUT2D eigenvalue weighted by Gasteiger charge is -2.33. The largest absolute Gasteiger partial charge is 0.490 e. The maximum Gasteiger partial charge on any atom is 0.204 e. The molecular formula is C14H24N4O3. The summed E-state index contributed by atoms with van der Waals surface area (Å²) in [5.74, 6) is 2.24. The molecule has 0 radical (unpaired) electrons. The number of piperidine rings is 1. The van der Waals surface area contributed by atoms with Gasteiger partial charge in [-0.3, -0.25) is 0 Å². The van der Waals surface area contributed by atoms with E-state index in [0.29, 0.717) is 12.4 Å². The molecule has 0 spiro atoms. The Morgan fingerprint density at radius 1 is 1.38 bits per heavy atom. The van der Waals surface area contributed by atoms with Crippen LogP contribution in [0.15, 0.2) is 6.33 Å². The third-order valence-corrected chi connectivity index (χ3v) is 3.52. The van der Waals surface area contributed by atoms with Gasteiger partial charge in [-0.2, -0.15) is 0 Å². The molecule has 1 fully saturated rings. The summed E-state index contributed by atoms with van der Waals surface area (Å²) in [6.45, 7) is 5.00. The predicted octanol–water partition coefficient (Wildman–Crippen LogP) is 0.895. The second kappa shape index (κ2) is 7.99. The minimum Gasteiger partial charge on any atom is -0.490 e. The van der Waals surface area contributed by atoms with E-state index in [1.165, 1.54) is 0 Å². The van der Waals surface area contributed by atoms with Crippen LogP contribution < -0.4 is 15.0 Å². The van der Waals surface area contributed by atoms with Gasteiger partial charge >= 0.3 is 0 Å². The van der Waals surface area contributed by atoms with Crippen LogP contribution in [0.25, 0.3) is 0 Å². The molecule has 1 aromatic rings. The van der Waals surface area contributed by atoms with Gasteiger partial charge in [-0.15, -0.1) is 0 Å². The molecule has 2 N–H and O–H groups in total. The molecule has 7 nitrogen and oxygen atoms in total. The Morgan fingerprint density at radius 3 is 2.76 bits per heavy atom. The Balaban J connectivity index is 2.04. The van der Waals surface area contributed by atoms with Crippen molar-refractivity contribution >= 4 is 11.6 Å². The highest BCUT2D eigenvalue weighted by Gasteiger charge is 2.24. The van der Waals surface area contributed by atoms with E-state index in [2.05, 4.69) is 20.2 Å². The molecule has 1 saturated heterocycles. The van der Waals surface area contributed by atoms with Crippen molar-refractivity contribution in [3.8, 4) is 5.75 Å². The minimum absolute atomic E-state index is 0.0754. The van der Waals surface area contributed by atoms with Crippen LogP contribution >= 0.6 is 0 Å². The second-order valence-electron chi connectivity index (χ2n) is 4.89. The van der Waals surface area contributed by atoms with Gasteiger partial charge < -0.3 is 24.8 Å². The highest BCUT2D eigenvalue weighted by molar-refractivity contribution is 5.64. The van der Waals surface area contributed by atoms with Crippen LogP contribution in [-0.2, 0) is 4.74 Å². The highest BCUT2D eigenvalue weighted by atomic mass is 16.5. The van der Waals surface area contributed by atoms with E-state index in [0.717, 1.165) is 44.1 Å². The molecule has 0 amide bonds. The van der Waals surface area contributed by atoms with Gasteiger partial charge in [0.1, 0.15) is 6.33 Å². The molecule has 0 unspecified atom stereocenters. The third-order valence-electron chi connectivity index (χ3n) is 3.52. The molecule has 0 aliphatic carbocycles. The Bertz CT molecular complexity index is 436. The van der Waals surface area contributed by atoms with Gasteiger partial charge in [0.2, 0.25) is 5.75 Å². The zero-order valence-corrected chi connectivity index (χ0v) is 12.7. The molecule has 2 heterocycles. The number of nitrogens with one attached hydrogen (secondary N) is 1. The van der Waals surface area contributed by atoms with Crippen molar-refractivity contribution in [2.24, 2.45) is 0 Å². The van der Waals surface area contributed by atoms with Crippen molar-refractivity contribution in [1.82, 2.24) is 9.97 Å². The van der Waals surface area contributed by atoms with E-state index < -0.39 is 0 Å². The van der Waals surface area contributed by atoms with Crippen LogP contribution in [0.1, 0.15) is 19.8 Å². The van der Waals surface area contributed by atoms with Crippen molar-refractivity contribution in [3.05, 3.63) is 6.33 Å². The van der Waals surface area contributed by atoms with Gasteiger partial charge in [0, 0.05) is 19.6 Å². The quantitative estimate of drug-likeness (QED) is 0.773. The van der Waals surface area contributed by atoms with Crippen LogP contribution in [0.2, 0.25) is 0 Å². The summed E-state index contributed by atoms with van der Waals surface area (Å²) in [5.41, 5.74) is 0. The summed E-state index contributed by atoms with van der Waals surface area (Å²) in [6.07, 6.45) is 3.62. The molecule has 0 aromatic carbocycles. The second-order valence-corrected chi connectivity index (χ2v) is 4.89. The summed E-state index contributed by atoms with van der Waals surface area (Å²) in [4.78, 5) is 10.8. The van der Waals surface area contributed by atoms with Gasteiger partial charge in [-0.1, -0.05) is 0 Å². The number of rotatable bonds is 7. The first-order chi connectivity index (χ1) is 10.3. The number of aliphatic hydroxyl groups excluding tert-OH is 1. The maximum atomic E-state index is 8.80. The number of hydrogen-bond acceptors (Lipinski definition) is 7. The Kier molecular flexibility index (Phi) is 6.01. The molecule has 1 aliphatic heterocycles. The fraction of sp³-hybridized carbons (Fsp3) is 0.714. The number of ether oxygens (including phenoxy) is 2. The summed E-state index contributed by atoms with van der Waals surface area (Å²) in [6, 6.07) is 0. The molecule has 0 bridgehead atoms. The van der Waals surface area contributed by atoms with Crippen LogP contribution in [-0.4, -0.2) is 61.1 Å². The first-order valence-electron chi connectivity index (χ1n) is 7.40. The molecular weight excluding hydrogens is 272 g/mol. The van der Waals surface area contributed by atoms with Crippen LogP contribution in [0, 0.1) is 0 Å². The van der Waals surface area contributed by atoms with Gasteiger partial charge in [-0.05, 0) is 19.8 Å². The van der Waals surface area contributed by atoms with Crippen LogP contribution in [0.4, 0.5) is 11.6 Å². The average molecular weight is 296 g/mol. The van der Waals surface area contributed by atoms with E-state index in [9.17, 15) is 0 Å². The third kappa shape index (κ3) is 3.95. The number of aliphatic hydroxyl groups is 1. The molecule has 0 saturated carbocycles. The van der Waals surface area contributed by atoms with E-state index in [4.69, 9.17) is 14.6 Å². The molecule has 1 aliphatic rings. The number of hydrogen-bond donors (Lipinski definition) is 2. The first-order valence-corrected chi connectivity index (χ1v) is 7.40. The number of anilines is 2. The monoisotopic (exact) mass is 296 g/mol. The summed E-state index contributed by atoms with van der Waals surface area (Å²) < 4.78 is 11.1. The molecule has 118 valence electrons. The van der Waals surface area contributed by atoms with Crippen LogP contribution in [0.5, 0.6) is 5.75 Å². The lowest BCUT2D eigenvalue weighted by Crippen LogP contribution is -2.38. The summed E-state index contributed by atoms with van der Waals surface area (Å²) in [7, 11) is 1.64. The van der Waals surface area contributed by atoms with E-state index in [1.54, 1.807) is 13.4 Å². The van der Waals surface area contributed by atoms with E-state index in [1.807, 2.05) is 6.92 Å². The van der Waals surface area contributed by atoms with Gasteiger partial charge in [0.15, 0.2) is 11.6 Å². The molecule has 2 rings (SSSR count). The zero-order chi connectivity index (χ0) is 15.1. The fourth-order valence-corrected chi connectivity index (χ4v) is 2.52. The lowest BCUT2D eigenvalue weighted by atomic mass is 10.1. The number of aromatic nitrogens is 2. The smallest absolute Gasteiger partial charge is 0.204 e. The van der Waals surface area contributed by atoms with Crippen molar-refractivity contribution in [2.75, 3.05) is 50.2 Å². The predicted molar refractivity (Wildman–Crippen MR) is 81.0 cm³/mol. The molecule has 7 heteroatoms. The summed E-state index contributed by atoms with van der Waals surface area (Å²) >= 11 is 0. The normalized spacial score (nSPS) is 16.0. The van der Waals surface area contributed by atoms with E-state index in [-0.39, 0.29) is 12.7 Å². The average Bonchev–Trinajstić information content (AvgIpc) is 2.53. The van der Waals surface area contributed by atoms with Crippen molar-refractivity contribution in [1.29, 1.82) is 0 Å². The Morgan fingerprint density at radius 2 is 2.14 bits per heavy atom.